The fraction of sp³-hybridized carbons (Fsp3) is 0.370. The van der Waals surface area contributed by atoms with E-state index in [0.717, 1.165) is 0 Å². The Kier molecular flexibility index (Phi) is 8.05. The zero-order chi connectivity index (χ0) is 29.4. The zero-order valence-corrected chi connectivity index (χ0v) is 22.5. The van der Waals surface area contributed by atoms with E-state index in [0.29, 0.717) is 31.0 Å². The summed E-state index contributed by atoms with van der Waals surface area (Å²) < 4.78 is 67.1. The molecule has 0 radical (unpaired) electrons. The van der Waals surface area contributed by atoms with Crippen LogP contribution in [0.2, 0.25) is 0 Å². The molecule has 13 heteroatoms. The van der Waals surface area contributed by atoms with E-state index in [9.17, 15) is 22.8 Å². The SMILES string of the molecule is COc1cc(-c2cc(NC(=O)c3c[nH]c(=O)cc3C(F)(F)F)c(N3C[C@@H](C)N(C)[C@@H](C)C3)cc2F)cnc1OC. The molecule has 0 saturated carbocycles. The molecule has 3 heterocycles. The molecule has 40 heavy (non-hydrogen) atoms. The minimum absolute atomic E-state index is 0.0280. The molecule has 3 aromatic rings. The Bertz CT molecular complexity index is 1460. The van der Waals surface area contributed by atoms with E-state index in [1.807, 2.05) is 25.8 Å². The van der Waals surface area contributed by atoms with Crippen LogP contribution in [-0.4, -0.2) is 67.2 Å². The van der Waals surface area contributed by atoms with Gasteiger partial charge in [0, 0.05) is 54.8 Å². The van der Waals surface area contributed by atoms with Crippen molar-refractivity contribution in [1.82, 2.24) is 14.9 Å². The van der Waals surface area contributed by atoms with E-state index >= 15 is 4.39 Å². The molecule has 1 aliphatic rings. The first kappa shape index (κ1) is 28.9. The summed E-state index contributed by atoms with van der Waals surface area (Å²) in [4.78, 5) is 35.1. The smallest absolute Gasteiger partial charge is 0.417 e. The van der Waals surface area contributed by atoms with E-state index < -0.39 is 34.6 Å². The zero-order valence-electron chi connectivity index (χ0n) is 22.5. The minimum Gasteiger partial charge on any atom is -0.491 e. The number of aromatic amines is 1. The Morgan fingerprint density at radius 3 is 2.38 bits per heavy atom. The van der Waals surface area contributed by atoms with Gasteiger partial charge in [-0.25, -0.2) is 9.37 Å². The van der Waals surface area contributed by atoms with Crippen molar-refractivity contribution in [3.63, 3.8) is 0 Å². The molecule has 2 aromatic heterocycles. The molecular weight excluding hydrogens is 534 g/mol. The Labute approximate surface area is 227 Å². The fourth-order valence-corrected chi connectivity index (χ4v) is 4.71. The van der Waals surface area contributed by atoms with E-state index in [2.05, 4.69) is 20.2 Å². The number of halogens is 4. The van der Waals surface area contributed by atoms with E-state index in [4.69, 9.17) is 9.47 Å². The molecule has 9 nitrogen and oxygen atoms in total. The average molecular weight is 564 g/mol. The molecule has 0 unspecified atom stereocenters. The predicted molar refractivity (Wildman–Crippen MR) is 142 cm³/mol. The number of nitrogens with one attached hydrogen (secondary N) is 2. The van der Waals surface area contributed by atoms with Crippen LogP contribution >= 0.6 is 0 Å². The lowest BCUT2D eigenvalue weighted by molar-refractivity contribution is -0.138. The second-order valence-electron chi connectivity index (χ2n) is 9.63. The normalized spacial score (nSPS) is 18.0. The third-order valence-electron chi connectivity index (χ3n) is 7.05. The van der Waals surface area contributed by atoms with Crippen molar-refractivity contribution in [2.24, 2.45) is 0 Å². The van der Waals surface area contributed by atoms with Gasteiger partial charge in [0.1, 0.15) is 5.82 Å². The second-order valence-corrected chi connectivity index (χ2v) is 9.63. The lowest BCUT2D eigenvalue weighted by atomic mass is 10.0. The summed E-state index contributed by atoms with van der Waals surface area (Å²) in [6, 6.07) is 4.55. The van der Waals surface area contributed by atoms with Crippen molar-refractivity contribution >= 4 is 17.3 Å². The topological polar surface area (TPSA) is 99.8 Å². The van der Waals surface area contributed by atoms with Gasteiger partial charge >= 0.3 is 6.18 Å². The number of carbonyl (C=O) groups is 1. The first-order valence-electron chi connectivity index (χ1n) is 12.3. The van der Waals surface area contributed by atoms with Crippen molar-refractivity contribution in [2.45, 2.75) is 32.1 Å². The summed E-state index contributed by atoms with van der Waals surface area (Å²) >= 11 is 0. The number of H-pyrrole nitrogens is 1. The lowest BCUT2D eigenvalue weighted by Crippen LogP contribution is -2.55. The minimum atomic E-state index is -4.95. The maximum Gasteiger partial charge on any atom is 0.417 e. The standard InChI is InChI=1S/C27H29F4N5O4/c1-14-12-36(13-15(2)35(14)3)22-9-20(28)17(16-6-23(39-4)26(40-5)33-10-16)7-21(22)34-25(38)18-11-32-24(37)8-19(18)27(29,30)31/h6-11,14-15H,12-13H2,1-5H3,(H,32,37)(H,34,38)/t14-,15+. The number of hydrogen-bond donors (Lipinski definition) is 2. The van der Waals surface area contributed by atoms with Crippen LogP contribution in [0.1, 0.15) is 29.8 Å². The number of ether oxygens (including phenoxy) is 2. The molecule has 2 atom stereocenters. The quantitative estimate of drug-likeness (QED) is 0.429. The Morgan fingerprint density at radius 2 is 1.77 bits per heavy atom. The number of carbonyl (C=O) groups excluding carboxylic acids is 1. The van der Waals surface area contributed by atoms with Crippen LogP contribution < -0.4 is 25.2 Å². The number of amides is 1. The summed E-state index contributed by atoms with van der Waals surface area (Å²) in [5.74, 6) is -1.35. The highest BCUT2D eigenvalue weighted by Crippen LogP contribution is 2.38. The van der Waals surface area contributed by atoms with Crippen molar-refractivity contribution < 1.29 is 31.8 Å². The molecule has 1 amide bonds. The molecule has 1 fully saturated rings. The molecule has 1 aromatic carbocycles. The largest absolute Gasteiger partial charge is 0.491 e. The van der Waals surface area contributed by atoms with Gasteiger partial charge in [0.05, 0.1) is 36.7 Å². The van der Waals surface area contributed by atoms with Gasteiger partial charge in [-0.2, -0.15) is 13.2 Å². The van der Waals surface area contributed by atoms with E-state index in [-0.39, 0.29) is 40.5 Å². The van der Waals surface area contributed by atoms with Crippen LogP contribution in [0.4, 0.5) is 28.9 Å². The maximum absolute atomic E-state index is 15.6. The van der Waals surface area contributed by atoms with Gasteiger partial charge in [-0.15, -0.1) is 0 Å². The Hall–Kier alpha value is -4.13. The van der Waals surface area contributed by atoms with Gasteiger partial charge < -0.3 is 24.7 Å². The molecule has 1 saturated heterocycles. The molecule has 4 rings (SSSR count). The molecule has 0 spiro atoms. The highest BCUT2D eigenvalue weighted by molar-refractivity contribution is 6.07. The molecular formula is C27H29F4N5O4. The summed E-state index contributed by atoms with van der Waals surface area (Å²) in [7, 11) is 4.77. The Morgan fingerprint density at radius 1 is 1.10 bits per heavy atom. The molecule has 214 valence electrons. The molecule has 2 N–H and O–H groups in total. The Balaban J connectivity index is 1.84. The predicted octanol–water partition coefficient (Wildman–Crippen LogP) is 4.39. The van der Waals surface area contributed by atoms with E-state index in [1.165, 1.54) is 38.6 Å². The van der Waals surface area contributed by atoms with Crippen LogP contribution in [0.25, 0.3) is 11.1 Å². The number of benzene rings is 1. The van der Waals surface area contributed by atoms with Crippen molar-refractivity contribution in [2.75, 3.05) is 44.6 Å². The molecule has 0 bridgehead atoms. The second kappa shape index (κ2) is 11.2. The molecule has 0 aliphatic carbocycles. The van der Waals surface area contributed by atoms with Crippen LogP contribution in [0.5, 0.6) is 11.6 Å². The van der Waals surface area contributed by atoms with Crippen molar-refractivity contribution in [3.8, 4) is 22.8 Å². The number of pyridine rings is 2. The average Bonchev–Trinajstić information content (AvgIpc) is 2.91. The number of nitrogens with zero attached hydrogens (tertiary/aromatic N) is 3. The van der Waals surface area contributed by atoms with Gasteiger partial charge in [0.15, 0.2) is 5.75 Å². The van der Waals surface area contributed by atoms with Crippen LogP contribution in [-0.2, 0) is 6.18 Å². The van der Waals surface area contributed by atoms with Crippen molar-refractivity contribution in [1.29, 1.82) is 0 Å². The van der Waals surface area contributed by atoms with Gasteiger partial charge in [-0.1, -0.05) is 0 Å². The number of rotatable bonds is 6. The number of hydrogen-bond acceptors (Lipinski definition) is 7. The van der Waals surface area contributed by atoms with Gasteiger partial charge in [-0.3, -0.25) is 14.5 Å². The first-order valence-corrected chi connectivity index (χ1v) is 12.3. The lowest BCUT2D eigenvalue weighted by Gasteiger charge is -2.44. The number of aromatic nitrogens is 2. The number of alkyl halides is 3. The highest BCUT2D eigenvalue weighted by atomic mass is 19.4. The first-order chi connectivity index (χ1) is 18.8. The van der Waals surface area contributed by atoms with Crippen LogP contribution in [0.15, 0.2) is 41.5 Å². The van der Waals surface area contributed by atoms with E-state index in [1.54, 1.807) is 0 Å². The van der Waals surface area contributed by atoms with Crippen molar-refractivity contribution in [3.05, 3.63) is 64.0 Å². The third-order valence-corrected chi connectivity index (χ3v) is 7.05. The fourth-order valence-electron chi connectivity index (χ4n) is 4.71. The number of methoxy groups -OCH3 is 2. The van der Waals surface area contributed by atoms with Crippen LogP contribution in [0.3, 0.4) is 0 Å². The number of likely N-dealkylation sites (N-methyl/N-ethyl adjacent to an activating group) is 1. The number of piperazine rings is 1. The molecule has 1 aliphatic heterocycles. The summed E-state index contributed by atoms with van der Waals surface area (Å²) in [6.07, 6.45) is -2.89. The maximum atomic E-state index is 15.6. The highest BCUT2D eigenvalue weighted by Gasteiger charge is 2.36. The van der Waals surface area contributed by atoms with Gasteiger partial charge in [0.2, 0.25) is 5.56 Å². The van der Waals surface area contributed by atoms with Crippen LogP contribution in [0, 0.1) is 5.82 Å². The van der Waals surface area contributed by atoms with Gasteiger partial charge in [-0.05, 0) is 39.1 Å². The van der Waals surface area contributed by atoms with Gasteiger partial charge in [0.25, 0.3) is 11.8 Å². The number of anilines is 2. The summed E-state index contributed by atoms with van der Waals surface area (Å²) in [6.45, 7) is 4.95. The summed E-state index contributed by atoms with van der Waals surface area (Å²) in [5, 5.41) is 2.53. The third kappa shape index (κ3) is 5.74. The summed E-state index contributed by atoms with van der Waals surface area (Å²) in [5.41, 5.74) is -2.47. The monoisotopic (exact) mass is 563 g/mol.